The van der Waals surface area contributed by atoms with Gasteiger partial charge in [-0.05, 0) is 92.0 Å². The number of nitrogens with zero attached hydrogens (tertiary/aromatic N) is 3. The summed E-state index contributed by atoms with van der Waals surface area (Å²) in [5.74, 6) is -1.48. The number of halogens is 4. The summed E-state index contributed by atoms with van der Waals surface area (Å²) in [6.07, 6.45) is -4.04. The monoisotopic (exact) mass is 610 g/mol. The molecule has 3 atom stereocenters. The van der Waals surface area contributed by atoms with E-state index in [1.165, 1.54) is 20.0 Å². The van der Waals surface area contributed by atoms with E-state index in [-0.39, 0.29) is 29.4 Å². The van der Waals surface area contributed by atoms with Gasteiger partial charge in [-0.25, -0.2) is 9.18 Å². The van der Waals surface area contributed by atoms with Gasteiger partial charge in [-0.2, -0.15) is 13.2 Å². The Morgan fingerprint density at radius 1 is 1.07 bits per heavy atom. The summed E-state index contributed by atoms with van der Waals surface area (Å²) in [6.45, 7) is 14.0. The highest BCUT2D eigenvalue weighted by Gasteiger charge is 2.39. The Hall–Kier alpha value is -3.57. The molecule has 0 bridgehead atoms. The van der Waals surface area contributed by atoms with Crippen LogP contribution in [-0.4, -0.2) is 51.7 Å². The number of rotatable bonds is 6. The molecule has 0 spiro atoms. The minimum atomic E-state index is -4.80. The molecule has 12 heteroatoms. The number of amides is 2. The van der Waals surface area contributed by atoms with Crippen LogP contribution in [0.2, 0.25) is 0 Å². The molecule has 238 valence electrons. The van der Waals surface area contributed by atoms with Gasteiger partial charge in [0.05, 0.1) is 5.56 Å². The van der Waals surface area contributed by atoms with Crippen LogP contribution < -0.4 is 15.8 Å². The predicted molar refractivity (Wildman–Crippen MR) is 157 cm³/mol. The summed E-state index contributed by atoms with van der Waals surface area (Å²) in [5, 5.41) is 2.40. The quantitative estimate of drug-likeness (QED) is 0.400. The minimum absolute atomic E-state index is 0.0433. The van der Waals surface area contributed by atoms with Crippen molar-refractivity contribution in [1.82, 2.24) is 14.8 Å². The number of likely N-dealkylation sites (tertiary alicyclic amines) is 1. The Kier molecular flexibility index (Phi) is 9.92. The summed E-state index contributed by atoms with van der Waals surface area (Å²) < 4.78 is 62.8. The van der Waals surface area contributed by atoms with Crippen LogP contribution in [0.1, 0.15) is 87.1 Å². The maximum atomic E-state index is 15.0. The van der Waals surface area contributed by atoms with E-state index in [1.54, 1.807) is 11.8 Å². The number of ether oxygens (including phenoxy) is 1. The van der Waals surface area contributed by atoms with Gasteiger partial charge in [0.1, 0.15) is 11.4 Å². The van der Waals surface area contributed by atoms with Crippen LogP contribution >= 0.6 is 0 Å². The standard InChI is InChI=1S/C31H42F4N4O4/c1-10-38(22-11-18(3)39(19(4)12-22)29(42)43-30(6,7)8)26-15-21(32)14-23(20(26)5)27(40)36-16-24-25(31(33,34)35)13-17(2)37(9)28(24)41/h13-15,18-19,22H,10-12,16H2,1-9H3,(H,36,40)/t18-,19?,22?/m1/s1. The van der Waals surface area contributed by atoms with E-state index in [1.807, 2.05) is 46.4 Å². The highest BCUT2D eigenvalue weighted by atomic mass is 19.4. The van der Waals surface area contributed by atoms with Gasteiger partial charge in [-0.1, -0.05) is 0 Å². The number of aryl methyl sites for hydroxylation is 1. The number of hydrogen-bond donors (Lipinski definition) is 1. The number of carbonyl (C=O) groups is 2. The van der Waals surface area contributed by atoms with Crippen LogP contribution in [-0.2, 0) is 24.5 Å². The smallest absolute Gasteiger partial charge is 0.417 e. The Labute approximate surface area is 250 Å². The summed E-state index contributed by atoms with van der Waals surface area (Å²) in [4.78, 5) is 42.5. The molecule has 1 aliphatic rings. The Balaban J connectivity index is 1.89. The van der Waals surface area contributed by atoms with Gasteiger partial charge >= 0.3 is 12.3 Å². The first-order chi connectivity index (χ1) is 19.8. The maximum Gasteiger partial charge on any atom is 0.417 e. The van der Waals surface area contributed by atoms with Crippen LogP contribution in [0, 0.1) is 19.7 Å². The molecule has 1 aromatic heterocycles. The third-order valence-electron chi connectivity index (χ3n) is 7.96. The molecule has 2 unspecified atom stereocenters. The molecule has 1 aliphatic heterocycles. The summed E-state index contributed by atoms with van der Waals surface area (Å²) in [7, 11) is 1.35. The van der Waals surface area contributed by atoms with E-state index in [2.05, 4.69) is 5.32 Å². The fourth-order valence-corrected chi connectivity index (χ4v) is 5.86. The molecule has 1 fully saturated rings. The molecule has 1 aromatic carbocycles. The van der Waals surface area contributed by atoms with Crippen molar-refractivity contribution in [2.24, 2.45) is 7.05 Å². The molecule has 1 N–H and O–H groups in total. The molecule has 0 radical (unpaired) electrons. The molecule has 0 saturated carbocycles. The summed E-state index contributed by atoms with van der Waals surface area (Å²) >= 11 is 0. The molecular weight excluding hydrogens is 568 g/mol. The third-order valence-corrected chi connectivity index (χ3v) is 7.96. The van der Waals surface area contributed by atoms with Gasteiger partial charge in [0.2, 0.25) is 0 Å². The largest absolute Gasteiger partial charge is 0.444 e. The molecule has 0 aliphatic carbocycles. The summed E-state index contributed by atoms with van der Waals surface area (Å²) in [6, 6.07) is 2.81. The number of pyridine rings is 1. The van der Waals surface area contributed by atoms with Crippen LogP contribution in [0.5, 0.6) is 0 Å². The van der Waals surface area contributed by atoms with E-state index >= 15 is 0 Å². The number of benzene rings is 1. The molecular formula is C31H42F4N4O4. The lowest BCUT2D eigenvalue weighted by molar-refractivity contribution is -0.138. The zero-order valence-electron chi connectivity index (χ0n) is 26.3. The van der Waals surface area contributed by atoms with Crippen molar-refractivity contribution < 1.29 is 31.9 Å². The maximum absolute atomic E-state index is 15.0. The second-order valence-electron chi connectivity index (χ2n) is 12.3. The lowest BCUT2D eigenvalue weighted by Crippen LogP contribution is -2.56. The third kappa shape index (κ3) is 7.51. The zero-order chi connectivity index (χ0) is 32.6. The van der Waals surface area contributed by atoms with Crippen LogP contribution in [0.3, 0.4) is 0 Å². The normalized spacial score (nSPS) is 19.3. The van der Waals surface area contributed by atoms with Gasteiger partial charge in [0, 0.05) is 60.8 Å². The molecule has 2 heterocycles. The van der Waals surface area contributed by atoms with Crippen molar-refractivity contribution >= 4 is 17.7 Å². The summed E-state index contributed by atoms with van der Waals surface area (Å²) in [5.41, 5.74) is -2.23. The number of aromatic nitrogens is 1. The lowest BCUT2D eigenvalue weighted by Gasteiger charge is -2.47. The van der Waals surface area contributed by atoms with Crippen molar-refractivity contribution in [3.63, 3.8) is 0 Å². The van der Waals surface area contributed by atoms with Gasteiger partial charge in [0.15, 0.2) is 0 Å². The fraction of sp³-hybridized carbons (Fsp3) is 0.581. The predicted octanol–water partition coefficient (Wildman–Crippen LogP) is 6.09. The van der Waals surface area contributed by atoms with Crippen LogP contribution in [0.25, 0.3) is 0 Å². The number of nitrogens with one attached hydrogen (secondary N) is 1. The molecule has 2 aromatic rings. The number of piperidine rings is 1. The number of carbonyl (C=O) groups excluding carboxylic acids is 2. The van der Waals surface area contributed by atoms with Crippen molar-refractivity contribution in [3.05, 3.63) is 62.3 Å². The average Bonchev–Trinajstić information content (AvgIpc) is 2.86. The minimum Gasteiger partial charge on any atom is -0.444 e. The SMILES string of the molecule is CCN(c1cc(F)cc(C(=O)NCc2c(C(F)(F)F)cc(C)n(C)c2=O)c1C)C1CC(C)N(C(=O)OC(C)(C)C)[C@H](C)C1. The molecule has 2 amide bonds. The Bertz CT molecular complexity index is 1420. The van der Waals surface area contributed by atoms with Gasteiger partial charge in [-0.3, -0.25) is 9.59 Å². The van der Waals surface area contributed by atoms with Crippen molar-refractivity contribution in [2.45, 2.75) is 105 Å². The Morgan fingerprint density at radius 2 is 1.65 bits per heavy atom. The van der Waals surface area contributed by atoms with Gasteiger partial charge in [0.25, 0.3) is 11.5 Å². The van der Waals surface area contributed by atoms with Gasteiger partial charge in [-0.15, -0.1) is 0 Å². The number of anilines is 1. The Morgan fingerprint density at radius 3 is 2.16 bits per heavy atom. The molecule has 3 rings (SSSR count). The molecule has 1 saturated heterocycles. The highest BCUT2D eigenvalue weighted by molar-refractivity contribution is 5.97. The fourth-order valence-electron chi connectivity index (χ4n) is 5.86. The van der Waals surface area contributed by atoms with Crippen LogP contribution in [0.15, 0.2) is 23.0 Å². The van der Waals surface area contributed by atoms with E-state index < -0.39 is 52.8 Å². The first-order valence-electron chi connectivity index (χ1n) is 14.4. The average molecular weight is 611 g/mol. The second-order valence-corrected chi connectivity index (χ2v) is 12.3. The lowest BCUT2D eigenvalue weighted by atomic mass is 9.90. The van der Waals surface area contributed by atoms with E-state index in [9.17, 15) is 31.9 Å². The van der Waals surface area contributed by atoms with E-state index in [0.29, 0.717) is 30.6 Å². The molecule has 8 nitrogen and oxygen atoms in total. The van der Waals surface area contributed by atoms with Crippen LogP contribution in [0.4, 0.5) is 28.0 Å². The number of alkyl halides is 3. The zero-order valence-corrected chi connectivity index (χ0v) is 26.3. The molecule has 43 heavy (non-hydrogen) atoms. The first kappa shape index (κ1) is 33.9. The second kappa shape index (κ2) is 12.6. The van der Waals surface area contributed by atoms with Crippen molar-refractivity contribution in [1.29, 1.82) is 0 Å². The number of hydrogen-bond acceptors (Lipinski definition) is 5. The van der Waals surface area contributed by atoms with Gasteiger partial charge < -0.3 is 24.4 Å². The van der Waals surface area contributed by atoms with Crippen molar-refractivity contribution in [2.75, 3.05) is 11.4 Å². The van der Waals surface area contributed by atoms with E-state index in [0.717, 1.165) is 16.7 Å². The first-order valence-corrected chi connectivity index (χ1v) is 14.4. The topological polar surface area (TPSA) is 83.9 Å². The van der Waals surface area contributed by atoms with Crippen molar-refractivity contribution in [3.8, 4) is 0 Å². The highest BCUT2D eigenvalue weighted by Crippen LogP contribution is 2.35. The van der Waals surface area contributed by atoms with E-state index in [4.69, 9.17) is 4.74 Å².